The molecule has 34 heavy (non-hydrogen) atoms. The van der Waals surface area contributed by atoms with Crippen LogP contribution >= 0.6 is 0 Å². The molecule has 1 atom stereocenters. The van der Waals surface area contributed by atoms with Gasteiger partial charge in [-0.3, -0.25) is 9.59 Å². The number of rotatable bonds is 3. The van der Waals surface area contributed by atoms with Crippen molar-refractivity contribution in [3.63, 3.8) is 0 Å². The van der Waals surface area contributed by atoms with Gasteiger partial charge in [0.15, 0.2) is 11.4 Å². The van der Waals surface area contributed by atoms with Crippen LogP contribution in [0.1, 0.15) is 42.5 Å². The van der Waals surface area contributed by atoms with Gasteiger partial charge in [-0.2, -0.15) is 0 Å². The lowest BCUT2D eigenvalue weighted by molar-refractivity contribution is -0.172. The normalized spacial score (nSPS) is 19.8. The second-order valence-corrected chi connectivity index (χ2v) is 8.60. The third kappa shape index (κ3) is 2.64. The molecule has 0 saturated heterocycles. The number of fused-ring (bicyclic) bond motifs is 5. The van der Waals surface area contributed by atoms with Crippen LogP contribution in [0.2, 0.25) is 0 Å². The zero-order chi connectivity index (χ0) is 23.8. The van der Waals surface area contributed by atoms with Crippen LogP contribution in [-0.4, -0.2) is 33.2 Å². The van der Waals surface area contributed by atoms with Gasteiger partial charge in [0.25, 0.3) is 5.56 Å². The van der Waals surface area contributed by atoms with Gasteiger partial charge in [-0.25, -0.2) is 9.78 Å². The van der Waals surface area contributed by atoms with Crippen molar-refractivity contribution in [1.82, 2.24) is 9.55 Å². The molecule has 0 amide bonds. The summed E-state index contributed by atoms with van der Waals surface area (Å²) in [6.07, 6.45) is 3.23. The Hall–Kier alpha value is -3.98. The predicted octanol–water partition coefficient (Wildman–Crippen LogP) is 2.41. The van der Waals surface area contributed by atoms with Crippen LogP contribution in [-0.2, 0) is 33.1 Å². The number of allylic oxidation sites excluding steroid dienone is 1. The molecule has 0 aliphatic carbocycles. The van der Waals surface area contributed by atoms with E-state index in [0.29, 0.717) is 33.8 Å². The van der Waals surface area contributed by atoms with Crippen LogP contribution in [0.4, 0.5) is 0 Å². The molecule has 3 aliphatic rings. The highest BCUT2D eigenvalue weighted by Gasteiger charge is 2.45. The largest absolute Gasteiger partial charge is 0.458 e. The lowest BCUT2D eigenvalue weighted by Crippen LogP contribution is -2.44. The first-order valence-electron chi connectivity index (χ1n) is 10.9. The fraction of sp³-hybridized carbons (Fsp3) is 0.280. The first-order valence-corrected chi connectivity index (χ1v) is 10.9. The summed E-state index contributed by atoms with van der Waals surface area (Å²) < 4.78 is 18.4. The van der Waals surface area contributed by atoms with E-state index in [2.05, 4.69) is 0 Å². The molecule has 1 N–H and O–H groups in total. The van der Waals surface area contributed by atoms with Gasteiger partial charge in [-0.05, 0) is 43.7 Å². The van der Waals surface area contributed by atoms with Crippen molar-refractivity contribution in [2.45, 2.75) is 39.0 Å². The number of nitrogens with zero attached hydrogens (tertiary/aromatic N) is 2. The van der Waals surface area contributed by atoms with Gasteiger partial charge in [0.1, 0.15) is 18.1 Å². The minimum Gasteiger partial charge on any atom is -0.458 e. The first-order chi connectivity index (χ1) is 16.3. The Bertz CT molecular complexity index is 1530. The number of ketones is 1. The minimum atomic E-state index is -1.88. The molecule has 0 radical (unpaired) electrons. The van der Waals surface area contributed by atoms with Crippen LogP contribution in [0.25, 0.3) is 28.4 Å². The summed E-state index contributed by atoms with van der Waals surface area (Å²) in [5.74, 6) is 0.287. The molecule has 3 aromatic rings. The van der Waals surface area contributed by atoms with Crippen molar-refractivity contribution >= 4 is 28.7 Å². The number of cyclic esters (lactones) is 1. The second-order valence-electron chi connectivity index (χ2n) is 8.60. The fourth-order valence-electron chi connectivity index (χ4n) is 4.92. The van der Waals surface area contributed by atoms with E-state index in [-0.39, 0.29) is 48.8 Å². The van der Waals surface area contributed by atoms with Crippen molar-refractivity contribution in [2.24, 2.45) is 0 Å². The summed E-state index contributed by atoms with van der Waals surface area (Å²) in [6.45, 7) is 3.15. The Morgan fingerprint density at radius 2 is 2.00 bits per heavy atom. The second kappa shape index (κ2) is 7.01. The lowest BCUT2D eigenvalue weighted by atomic mass is 9.86. The Morgan fingerprint density at radius 3 is 2.76 bits per heavy atom. The SMILES string of the molecule is CC[C@@]1(O)C(=O)OCc2c1cc1n(c2=O)Cc2c-1nc1ccc(/C=C/C(C)=O)c3c1c2OCO3. The molecular formula is C25H20N2O7. The summed E-state index contributed by atoms with van der Waals surface area (Å²) in [4.78, 5) is 42.0. The van der Waals surface area contributed by atoms with E-state index < -0.39 is 11.6 Å². The van der Waals surface area contributed by atoms with Gasteiger partial charge < -0.3 is 23.9 Å². The van der Waals surface area contributed by atoms with Gasteiger partial charge in [0.05, 0.1) is 34.4 Å². The minimum absolute atomic E-state index is 0.0247. The zero-order valence-electron chi connectivity index (χ0n) is 18.5. The molecule has 5 heterocycles. The fourth-order valence-corrected chi connectivity index (χ4v) is 4.92. The maximum atomic E-state index is 13.4. The molecule has 0 unspecified atom stereocenters. The molecule has 172 valence electrons. The van der Waals surface area contributed by atoms with Crippen LogP contribution in [0.5, 0.6) is 11.5 Å². The highest BCUT2D eigenvalue weighted by Crippen LogP contribution is 2.47. The van der Waals surface area contributed by atoms with Crippen molar-refractivity contribution < 1.29 is 28.9 Å². The zero-order valence-corrected chi connectivity index (χ0v) is 18.5. The molecule has 0 spiro atoms. The molecular weight excluding hydrogens is 440 g/mol. The Labute approximate surface area is 193 Å². The Morgan fingerprint density at radius 1 is 1.21 bits per heavy atom. The summed E-state index contributed by atoms with van der Waals surface area (Å²) >= 11 is 0. The Balaban J connectivity index is 1.61. The summed E-state index contributed by atoms with van der Waals surface area (Å²) in [7, 11) is 0. The lowest BCUT2D eigenvalue weighted by Gasteiger charge is -2.31. The average molecular weight is 460 g/mol. The van der Waals surface area contributed by atoms with Gasteiger partial charge in [-0.15, -0.1) is 0 Å². The van der Waals surface area contributed by atoms with Crippen LogP contribution in [0.15, 0.2) is 29.1 Å². The quantitative estimate of drug-likeness (QED) is 0.366. The number of ether oxygens (including phenoxy) is 3. The van der Waals surface area contributed by atoms with E-state index in [9.17, 15) is 19.5 Å². The third-order valence-corrected chi connectivity index (χ3v) is 6.69. The molecule has 2 aromatic heterocycles. The number of carbonyl (C=O) groups is 2. The maximum Gasteiger partial charge on any atom is 0.343 e. The molecule has 9 nitrogen and oxygen atoms in total. The van der Waals surface area contributed by atoms with E-state index >= 15 is 0 Å². The number of benzene rings is 1. The van der Waals surface area contributed by atoms with Gasteiger partial charge in [0, 0.05) is 16.7 Å². The van der Waals surface area contributed by atoms with Crippen molar-refractivity contribution in [2.75, 3.05) is 6.79 Å². The topological polar surface area (TPSA) is 117 Å². The van der Waals surface area contributed by atoms with Gasteiger partial charge in [-0.1, -0.05) is 6.92 Å². The third-order valence-electron chi connectivity index (χ3n) is 6.69. The first kappa shape index (κ1) is 20.6. The Kier molecular flexibility index (Phi) is 4.25. The highest BCUT2D eigenvalue weighted by molar-refractivity contribution is 6.00. The van der Waals surface area contributed by atoms with E-state index in [0.717, 1.165) is 11.1 Å². The number of esters is 1. The standard InChI is InChI=1S/C25H20N2O7/c1-3-25(31)16-8-18-20-14(9-27(18)23(29)15(16)10-32-24(25)30)22-19-17(26-20)7-6-13(5-4-12(2)28)21(19)33-11-34-22/h4-8,31H,3,9-11H2,1-2H3/b5-4+/t25-/m0/s1. The van der Waals surface area contributed by atoms with E-state index in [1.54, 1.807) is 29.7 Å². The summed E-state index contributed by atoms with van der Waals surface area (Å²) in [6, 6.07) is 5.29. The molecule has 3 aliphatic heterocycles. The molecule has 0 fully saturated rings. The summed E-state index contributed by atoms with van der Waals surface area (Å²) in [5.41, 5.74) is 1.42. The van der Waals surface area contributed by atoms with Crippen molar-refractivity contribution in [3.8, 4) is 22.9 Å². The number of aromatic nitrogens is 2. The van der Waals surface area contributed by atoms with Gasteiger partial charge in [0.2, 0.25) is 6.79 Å². The van der Waals surface area contributed by atoms with Crippen LogP contribution in [0.3, 0.4) is 0 Å². The summed E-state index contributed by atoms with van der Waals surface area (Å²) in [5, 5.41) is 11.7. The maximum absolute atomic E-state index is 13.4. The van der Waals surface area contributed by atoms with Crippen LogP contribution < -0.4 is 15.0 Å². The molecule has 0 saturated carbocycles. The molecule has 9 heteroatoms. The molecule has 0 bridgehead atoms. The van der Waals surface area contributed by atoms with E-state index in [1.807, 2.05) is 6.07 Å². The van der Waals surface area contributed by atoms with Crippen molar-refractivity contribution in [3.05, 3.63) is 56.9 Å². The smallest absolute Gasteiger partial charge is 0.343 e. The number of pyridine rings is 2. The average Bonchev–Trinajstić information content (AvgIpc) is 3.20. The molecule has 1 aromatic carbocycles. The predicted molar refractivity (Wildman–Crippen MR) is 120 cm³/mol. The number of carbonyl (C=O) groups excluding carboxylic acids is 2. The van der Waals surface area contributed by atoms with Crippen molar-refractivity contribution in [1.29, 1.82) is 0 Å². The van der Waals surface area contributed by atoms with Crippen LogP contribution in [0, 0.1) is 0 Å². The van der Waals surface area contributed by atoms with E-state index in [4.69, 9.17) is 19.2 Å². The van der Waals surface area contributed by atoms with E-state index in [1.165, 1.54) is 13.0 Å². The molecule has 6 rings (SSSR count). The number of hydrogen-bond donors (Lipinski definition) is 1. The highest BCUT2D eigenvalue weighted by atomic mass is 16.7. The number of aliphatic hydroxyl groups is 1. The monoisotopic (exact) mass is 460 g/mol. The number of hydrogen-bond acceptors (Lipinski definition) is 8. The van der Waals surface area contributed by atoms with Gasteiger partial charge >= 0.3 is 5.97 Å².